The van der Waals surface area contributed by atoms with Crippen molar-refractivity contribution in [2.75, 3.05) is 13.7 Å². The minimum Gasteiger partial charge on any atom is -0.507 e. The second kappa shape index (κ2) is 5.87. The molecule has 3 heteroatoms. The summed E-state index contributed by atoms with van der Waals surface area (Å²) in [6, 6.07) is 4.35. The molecule has 1 unspecified atom stereocenters. The highest BCUT2D eigenvalue weighted by atomic mass is 16.5. The van der Waals surface area contributed by atoms with Gasteiger partial charge in [-0.05, 0) is 37.5 Å². The standard InChI is InChI=1S/C13H21NO2/c1-9-5-12(6-10(2)13(9)15)7-14-11(3)8-16-4/h5-6,11,14-15H,7-8H2,1-4H3. The van der Waals surface area contributed by atoms with Crippen LogP contribution in [0.15, 0.2) is 12.1 Å². The summed E-state index contributed by atoms with van der Waals surface area (Å²) in [5.41, 5.74) is 3.04. The van der Waals surface area contributed by atoms with Gasteiger partial charge in [-0.2, -0.15) is 0 Å². The average molecular weight is 223 g/mol. The van der Waals surface area contributed by atoms with Crippen molar-refractivity contribution in [2.24, 2.45) is 0 Å². The average Bonchev–Trinajstić information content (AvgIpc) is 2.23. The molecular weight excluding hydrogens is 202 g/mol. The fourth-order valence-corrected chi connectivity index (χ4v) is 1.75. The van der Waals surface area contributed by atoms with Crippen LogP contribution in [0.1, 0.15) is 23.6 Å². The Labute approximate surface area is 97.4 Å². The van der Waals surface area contributed by atoms with Crippen molar-refractivity contribution in [3.05, 3.63) is 28.8 Å². The quantitative estimate of drug-likeness (QED) is 0.803. The molecule has 90 valence electrons. The number of phenols is 1. The zero-order chi connectivity index (χ0) is 12.1. The monoisotopic (exact) mass is 223 g/mol. The van der Waals surface area contributed by atoms with E-state index in [4.69, 9.17) is 4.74 Å². The van der Waals surface area contributed by atoms with Crippen LogP contribution < -0.4 is 5.32 Å². The summed E-state index contributed by atoms with van der Waals surface area (Å²) in [5, 5.41) is 13.0. The van der Waals surface area contributed by atoms with Crippen LogP contribution >= 0.6 is 0 Å². The van der Waals surface area contributed by atoms with Crippen molar-refractivity contribution in [3.8, 4) is 5.75 Å². The molecule has 0 saturated heterocycles. The molecule has 2 N–H and O–H groups in total. The molecule has 0 aliphatic rings. The van der Waals surface area contributed by atoms with Crippen LogP contribution in [-0.2, 0) is 11.3 Å². The van der Waals surface area contributed by atoms with Gasteiger partial charge in [-0.15, -0.1) is 0 Å². The van der Waals surface area contributed by atoms with E-state index in [1.807, 2.05) is 26.0 Å². The number of hydrogen-bond donors (Lipinski definition) is 2. The summed E-state index contributed by atoms with van der Waals surface area (Å²) in [4.78, 5) is 0. The Morgan fingerprint density at radius 2 is 1.88 bits per heavy atom. The van der Waals surface area contributed by atoms with Gasteiger partial charge in [0.2, 0.25) is 0 Å². The van der Waals surface area contributed by atoms with E-state index < -0.39 is 0 Å². The number of hydrogen-bond acceptors (Lipinski definition) is 3. The van der Waals surface area contributed by atoms with E-state index in [9.17, 15) is 5.11 Å². The minimum absolute atomic E-state index is 0.333. The number of benzene rings is 1. The summed E-state index contributed by atoms with van der Waals surface area (Å²) in [6.45, 7) is 7.43. The summed E-state index contributed by atoms with van der Waals surface area (Å²) in [5.74, 6) is 0.397. The second-order valence-corrected chi connectivity index (χ2v) is 4.32. The summed E-state index contributed by atoms with van der Waals surface area (Å²) in [6.07, 6.45) is 0. The first kappa shape index (κ1) is 13.0. The number of methoxy groups -OCH3 is 1. The van der Waals surface area contributed by atoms with Gasteiger partial charge in [0.25, 0.3) is 0 Å². The Morgan fingerprint density at radius 3 is 2.38 bits per heavy atom. The van der Waals surface area contributed by atoms with Crippen LogP contribution in [0.25, 0.3) is 0 Å². The molecule has 1 rings (SSSR count). The highest BCUT2D eigenvalue weighted by Gasteiger charge is 2.05. The molecule has 3 nitrogen and oxygen atoms in total. The van der Waals surface area contributed by atoms with Gasteiger partial charge in [-0.25, -0.2) is 0 Å². The zero-order valence-corrected chi connectivity index (χ0v) is 10.5. The molecule has 0 aromatic heterocycles. The van der Waals surface area contributed by atoms with Crippen molar-refractivity contribution >= 4 is 0 Å². The number of aromatic hydroxyl groups is 1. The molecule has 1 atom stereocenters. The van der Waals surface area contributed by atoms with Crippen molar-refractivity contribution in [1.29, 1.82) is 0 Å². The molecule has 0 spiro atoms. The third-order valence-electron chi connectivity index (χ3n) is 2.62. The predicted octanol–water partition coefficient (Wildman–Crippen LogP) is 2.13. The van der Waals surface area contributed by atoms with Gasteiger partial charge in [0.15, 0.2) is 0 Å². The molecule has 0 bridgehead atoms. The van der Waals surface area contributed by atoms with Crippen LogP contribution in [0.4, 0.5) is 0 Å². The van der Waals surface area contributed by atoms with E-state index in [1.54, 1.807) is 7.11 Å². The van der Waals surface area contributed by atoms with Gasteiger partial charge >= 0.3 is 0 Å². The topological polar surface area (TPSA) is 41.5 Å². The van der Waals surface area contributed by atoms with Gasteiger partial charge < -0.3 is 15.2 Å². The molecule has 0 radical (unpaired) electrons. The maximum atomic E-state index is 9.65. The minimum atomic E-state index is 0.333. The third-order valence-corrected chi connectivity index (χ3v) is 2.62. The largest absolute Gasteiger partial charge is 0.507 e. The lowest BCUT2D eigenvalue weighted by Crippen LogP contribution is -2.29. The van der Waals surface area contributed by atoms with Crippen molar-refractivity contribution in [3.63, 3.8) is 0 Å². The Kier molecular flexibility index (Phi) is 4.77. The number of aryl methyl sites for hydroxylation is 2. The Bertz CT molecular complexity index is 327. The molecule has 1 aromatic rings. The second-order valence-electron chi connectivity index (χ2n) is 4.32. The summed E-state index contributed by atoms with van der Waals surface area (Å²) < 4.78 is 5.06. The third kappa shape index (κ3) is 3.51. The molecule has 0 aliphatic carbocycles. The molecule has 0 amide bonds. The van der Waals surface area contributed by atoms with E-state index >= 15 is 0 Å². The summed E-state index contributed by atoms with van der Waals surface area (Å²) in [7, 11) is 1.70. The zero-order valence-electron chi connectivity index (χ0n) is 10.5. The van der Waals surface area contributed by atoms with Crippen molar-refractivity contribution < 1.29 is 9.84 Å². The Balaban J connectivity index is 2.61. The van der Waals surface area contributed by atoms with Crippen LogP contribution in [0.3, 0.4) is 0 Å². The number of nitrogens with one attached hydrogen (secondary N) is 1. The van der Waals surface area contributed by atoms with Gasteiger partial charge in [0.05, 0.1) is 6.61 Å². The fourth-order valence-electron chi connectivity index (χ4n) is 1.75. The maximum absolute atomic E-state index is 9.65. The number of ether oxygens (including phenoxy) is 1. The lowest BCUT2D eigenvalue weighted by molar-refractivity contribution is 0.171. The number of rotatable bonds is 5. The first-order valence-corrected chi connectivity index (χ1v) is 5.56. The molecule has 1 aromatic carbocycles. The van der Waals surface area contributed by atoms with Crippen molar-refractivity contribution in [1.82, 2.24) is 5.32 Å². The first-order chi connectivity index (χ1) is 7.54. The van der Waals surface area contributed by atoms with Crippen molar-refractivity contribution in [2.45, 2.75) is 33.4 Å². The smallest absolute Gasteiger partial charge is 0.121 e. The maximum Gasteiger partial charge on any atom is 0.121 e. The van der Waals surface area contributed by atoms with Crippen LogP contribution in [0, 0.1) is 13.8 Å². The van der Waals surface area contributed by atoms with E-state index in [0.717, 1.165) is 17.7 Å². The Hall–Kier alpha value is -1.06. The first-order valence-electron chi connectivity index (χ1n) is 5.56. The molecule has 0 fully saturated rings. The van der Waals surface area contributed by atoms with E-state index in [2.05, 4.69) is 12.2 Å². The van der Waals surface area contributed by atoms with E-state index in [1.165, 1.54) is 5.56 Å². The SMILES string of the molecule is COCC(C)NCc1cc(C)c(O)c(C)c1. The molecule has 0 heterocycles. The lowest BCUT2D eigenvalue weighted by Gasteiger charge is -2.14. The van der Waals surface area contributed by atoms with Gasteiger partial charge in [0.1, 0.15) is 5.75 Å². The van der Waals surface area contributed by atoms with Crippen LogP contribution in [-0.4, -0.2) is 24.9 Å². The highest BCUT2D eigenvalue weighted by Crippen LogP contribution is 2.22. The van der Waals surface area contributed by atoms with Crippen LogP contribution in [0.5, 0.6) is 5.75 Å². The van der Waals surface area contributed by atoms with Gasteiger partial charge in [0, 0.05) is 19.7 Å². The predicted molar refractivity (Wildman–Crippen MR) is 65.8 cm³/mol. The molecule has 0 aliphatic heterocycles. The number of phenolic OH excluding ortho intramolecular Hbond substituents is 1. The fraction of sp³-hybridized carbons (Fsp3) is 0.538. The lowest BCUT2D eigenvalue weighted by atomic mass is 10.1. The van der Waals surface area contributed by atoms with Gasteiger partial charge in [-0.3, -0.25) is 0 Å². The van der Waals surface area contributed by atoms with E-state index in [0.29, 0.717) is 18.4 Å². The molecule has 16 heavy (non-hydrogen) atoms. The van der Waals surface area contributed by atoms with Crippen LogP contribution in [0.2, 0.25) is 0 Å². The van der Waals surface area contributed by atoms with E-state index in [-0.39, 0.29) is 0 Å². The van der Waals surface area contributed by atoms with Gasteiger partial charge in [-0.1, -0.05) is 12.1 Å². The molecular formula is C13H21NO2. The highest BCUT2D eigenvalue weighted by molar-refractivity contribution is 5.42. The summed E-state index contributed by atoms with van der Waals surface area (Å²) >= 11 is 0. The Morgan fingerprint density at radius 1 is 1.31 bits per heavy atom. The molecule has 0 saturated carbocycles. The normalized spacial score (nSPS) is 12.8.